The van der Waals surface area contributed by atoms with E-state index in [1.807, 2.05) is 12.1 Å². The molecule has 0 amide bonds. The van der Waals surface area contributed by atoms with Gasteiger partial charge in [0.25, 0.3) is 0 Å². The minimum absolute atomic E-state index is 0.416. The van der Waals surface area contributed by atoms with Gasteiger partial charge in [-0.2, -0.15) is 5.26 Å². The Balaban J connectivity index is 1.32. The molecule has 0 fully saturated rings. The summed E-state index contributed by atoms with van der Waals surface area (Å²) in [7, 11) is 0. The number of benzene rings is 7. The summed E-state index contributed by atoms with van der Waals surface area (Å²) < 4.78 is 0. The molecule has 226 valence electrons. The summed E-state index contributed by atoms with van der Waals surface area (Å²) >= 11 is 0. The highest BCUT2D eigenvalue weighted by Gasteiger charge is 2.52. The maximum atomic E-state index is 9.53. The third-order valence-electron chi connectivity index (χ3n) is 10.6. The van der Waals surface area contributed by atoms with Gasteiger partial charge in [-0.05, 0) is 119 Å². The van der Waals surface area contributed by atoms with Gasteiger partial charge in [0.15, 0.2) is 0 Å². The van der Waals surface area contributed by atoms with Crippen LogP contribution in [-0.4, -0.2) is 4.98 Å². The molecule has 2 aliphatic carbocycles. The summed E-state index contributed by atoms with van der Waals surface area (Å²) in [6, 6.07) is 61.9. The van der Waals surface area contributed by atoms with Crippen LogP contribution in [0.25, 0.3) is 66.4 Å². The fourth-order valence-corrected chi connectivity index (χ4v) is 8.58. The molecule has 1 heterocycles. The molecular formula is C47H28N2. The molecule has 0 radical (unpaired) electrons. The Kier molecular flexibility index (Phi) is 5.89. The van der Waals surface area contributed by atoms with Crippen LogP contribution < -0.4 is 0 Å². The van der Waals surface area contributed by atoms with Gasteiger partial charge in [0.2, 0.25) is 0 Å². The van der Waals surface area contributed by atoms with Crippen molar-refractivity contribution in [1.29, 1.82) is 5.26 Å². The molecule has 2 aliphatic rings. The minimum Gasteiger partial charge on any atom is -0.246 e. The number of fused-ring (bicyclic) bond motifs is 12. The predicted molar refractivity (Wildman–Crippen MR) is 199 cm³/mol. The molecule has 0 saturated carbocycles. The SMILES string of the molecule is N#Cc1cc(-c2cccc(-c3cc4c(c5ccccc35)-c3ccc(-c5ccccc5)cc3C43c4ccccc4-c4ccccc43)c2)ccn1. The summed E-state index contributed by atoms with van der Waals surface area (Å²) in [4.78, 5) is 4.21. The van der Waals surface area contributed by atoms with Gasteiger partial charge in [0.05, 0.1) is 5.41 Å². The monoisotopic (exact) mass is 620 g/mol. The average molecular weight is 621 g/mol. The molecule has 0 N–H and O–H groups in total. The molecule has 2 nitrogen and oxygen atoms in total. The van der Waals surface area contributed by atoms with Gasteiger partial charge < -0.3 is 0 Å². The first kappa shape index (κ1) is 27.5. The number of hydrogen-bond acceptors (Lipinski definition) is 2. The quantitative estimate of drug-likeness (QED) is 0.197. The molecule has 1 aromatic heterocycles. The van der Waals surface area contributed by atoms with Crippen LogP contribution in [0.5, 0.6) is 0 Å². The third-order valence-corrected chi connectivity index (χ3v) is 10.6. The molecule has 1 spiro atoms. The van der Waals surface area contributed by atoms with E-state index < -0.39 is 5.41 Å². The molecule has 10 rings (SSSR count). The Morgan fingerprint density at radius 1 is 0.408 bits per heavy atom. The van der Waals surface area contributed by atoms with E-state index in [-0.39, 0.29) is 0 Å². The van der Waals surface area contributed by atoms with E-state index in [0.29, 0.717) is 5.69 Å². The van der Waals surface area contributed by atoms with Crippen LogP contribution in [0.3, 0.4) is 0 Å². The summed E-state index contributed by atoms with van der Waals surface area (Å²) in [6.07, 6.45) is 1.71. The van der Waals surface area contributed by atoms with E-state index in [1.54, 1.807) is 6.20 Å². The zero-order valence-corrected chi connectivity index (χ0v) is 26.6. The zero-order chi connectivity index (χ0) is 32.5. The van der Waals surface area contributed by atoms with Gasteiger partial charge >= 0.3 is 0 Å². The first-order chi connectivity index (χ1) is 24.3. The molecule has 0 atom stereocenters. The molecule has 2 heteroatoms. The smallest absolute Gasteiger partial charge is 0.141 e. The second-order valence-corrected chi connectivity index (χ2v) is 13.0. The largest absolute Gasteiger partial charge is 0.246 e. The zero-order valence-electron chi connectivity index (χ0n) is 26.6. The second kappa shape index (κ2) is 10.5. The number of rotatable bonds is 3. The number of hydrogen-bond donors (Lipinski definition) is 0. The van der Waals surface area contributed by atoms with Gasteiger partial charge in [-0.25, -0.2) is 4.98 Å². The maximum Gasteiger partial charge on any atom is 0.141 e. The van der Waals surface area contributed by atoms with E-state index in [2.05, 4.69) is 163 Å². The lowest BCUT2D eigenvalue weighted by Crippen LogP contribution is -2.26. The van der Waals surface area contributed by atoms with E-state index in [1.165, 1.54) is 72.0 Å². The molecular weight excluding hydrogens is 593 g/mol. The van der Waals surface area contributed by atoms with Crippen molar-refractivity contribution in [3.8, 4) is 61.7 Å². The van der Waals surface area contributed by atoms with Crippen molar-refractivity contribution in [3.63, 3.8) is 0 Å². The first-order valence-electron chi connectivity index (χ1n) is 16.7. The Morgan fingerprint density at radius 3 is 1.82 bits per heavy atom. The minimum atomic E-state index is -0.480. The molecule has 0 aliphatic heterocycles. The Bertz CT molecular complexity index is 2630. The second-order valence-electron chi connectivity index (χ2n) is 13.0. The highest BCUT2D eigenvalue weighted by Crippen LogP contribution is 2.64. The number of pyridine rings is 1. The fraction of sp³-hybridized carbons (Fsp3) is 0.0213. The highest BCUT2D eigenvalue weighted by atomic mass is 14.7. The normalized spacial score (nSPS) is 13.0. The van der Waals surface area contributed by atoms with Crippen molar-refractivity contribution in [2.24, 2.45) is 0 Å². The van der Waals surface area contributed by atoms with Gasteiger partial charge in [0, 0.05) is 6.20 Å². The molecule has 0 unspecified atom stereocenters. The maximum absolute atomic E-state index is 9.53. The van der Waals surface area contributed by atoms with Gasteiger partial charge in [-0.3, -0.25) is 0 Å². The third kappa shape index (κ3) is 3.85. The highest BCUT2D eigenvalue weighted by molar-refractivity contribution is 6.11. The fourth-order valence-electron chi connectivity index (χ4n) is 8.58. The molecule has 49 heavy (non-hydrogen) atoms. The number of aromatic nitrogens is 1. The van der Waals surface area contributed by atoms with Crippen LogP contribution in [-0.2, 0) is 5.41 Å². The van der Waals surface area contributed by atoms with Crippen LogP contribution in [0.1, 0.15) is 27.9 Å². The summed E-state index contributed by atoms with van der Waals surface area (Å²) in [6.45, 7) is 0. The average Bonchev–Trinajstić information content (AvgIpc) is 3.65. The number of nitrogens with zero attached hydrogens (tertiary/aromatic N) is 2. The van der Waals surface area contributed by atoms with Crippen LogP contribution in [0, 0.1) is 11.3 Å². The van der Waals surface area contributed by atoms with Crippen molar-refractivity contribution >= 4 is 10.8 Å². The molecule has 8 aromatic rings. The summed E-state index contributed by atoms with van der Waals surface area (Å²) in [5, 5.41) is 12.0. The summed E-state index contributed by atoms with van der Waals surface area (Å²) in [5.41, 5.74) is 17.3. The van der Waals surface area contributed by atoms with Crippen molar-refractivity contribution in [2.45, 2.75) is 5.41 Å². The van der Waals surface area contributed by atoms with E-state index in [9.17, 15) is 5.26 Å². The lowest BCUT2D eigenvalue weighted by Gasteiger charge is -2.31. The Labute approximate surface area is 285 Å². The van der Waals surface area contributed by atoms with Crippen LogP contribution in [0.15, 0.2) is 170 Å². The van der Waals surface area contributed by atoms with Crippen LogP contribution in [0.2, 0.25) is 0 Å². The standard InChI is InChI=1S/C47H28N2/c48-29-35-26-33(23-24-49-35)31-13-10-14-34(25-31)41-28-45-46(39-18-5-4-15-36(39)41)40-22-21-32(30-11-2-1-3-12-30)27-44(40)47(45)42-19-8-6-16-37(42)38-17-7-9-20-43(38)47/h1-28H. The van der Waals surface area contributed by atoms with Crippen LogP contribution in [0.4, 0.5) is 0 Å². The van der Waals surface area contributed by atoms with Gasteiger partial charge in [0.1, 0.15) is 11.8 Å². The van der Waals surface area contributed by atoms with Crippen molar-refractivity contribution < 1.29 is 0 Å². The number of nitriles is 1. The first-order valence-corrected chi connectivity index (χ1v) is 16.7. The van der Waals surface area contributed by atoms with Crippen LogP contribution >= 0.6 is 0 Å². The Morgan fingerprint density at radius 2 is 1.04 bits per heavy atom. The topological polar surface area (TPSA) is 36.7 Å². The van der Waals surface area contributed by atoms with Gasteiger partial charge in [-0.1, -0.05) is 133 Å². The van der Waals surface area contributed by atoms with E-state index in [4.69, 9.17) is 0 Å². The van der Waals surface area contributed by atoms with E-state index >= 15 is 0 Å². The molecule has 0 bridgehead atoms. The van der Waals surface area contributed by atoms with Crippen molar-refractivity contribution in [2.75, 3.05) is 0 Å². The Hall–Kier alpha value is -6.56. The lowest BCUT2D eigenvalue weighted by atomic mass is 9.69. The molecule has 7 aromatic carbocycles. The summed E-state index contributed by atoms with van der Waals surface area (Å²) in [5.74, 6) is 0. The van der Waals surface area contributed by atoms with Crippen molar-refractivity contribution in [1.82, 2.24) is 4.98 Å². The molecule has 0 saturated heterocycles. The van der Waals surface area contributed by atoms with Gasteiger partial charge in [-0.15, -0.1) is 0 Å². The lowest BCUT2D eigenvalue weighted by molar-refractivity contribution is 0.795. The van der Waals surface area contributed by atoms with Crippen molar-refractivity contribution in [3.05, 3.63) is 198 Å². The van der Waals surface area contributed by atoms with E-state index in [0.717, 1.165) is 16.7 Å². The predicted octanol–water partition coefficient (Wildman–Crippen LogP) is 11.5.